The standard InChI is InChI=1S/C8H8F2N4/c1-6-2-3-13(12-6)7-4-11-14(5-7)8(9)10/h2-5,8H,1H3. The fraction of sp³-hybridized carbons (Fsp3) is 0.250. The third-order valence-electron chi connectivity index (χ3n) is 1.77. The van der Waals surface area contributed by atoms with Gasteiger partial charge in [-0.05, 0) is 13.0 Å². The van der Waals surface area contributed by atoms with Gasteiger partial charge in [-0.15, -0.1) is 0 Å². The summed E-state index contributed by atoms with van der Waals surface area (Å²) in [7, 11) is 0. The summed E-state index contributed by atoms with van der Waals surface area (Å²) in [5.74, 6) is 0. The van der Waals surface area contributed by atoms with Crippen LogP contribution in [0, 0.1) is 6.92 Å². The van der Waals surface area contributed by atoms with E-state index >= 15 is 0 Å². The molecule has 0 aliphatic rings. The van der Waals surface area contributed by atoms with Crippen molar-refractivity contribution in [2.75, 3.05) is 0 Å². The van der Waals surface area contributed by atoms with Crippen molar-refractivity contribution in [3.05, 3.63) is 30.4 Å². The molecule has 0 unspecified atom stereocenters. The van der Waals surface area contributed by atoms with Crippen LogP contribution >= 0.6 is 0 Å². The molecule has 0 aliphatic heterocycles. The quantitative estimate of drug-likeness (QED) is 0.737. The smallest absolute Gasteiger partial charge is 0.238 e. The Labute approximate surface area is 78.8 Å². The Morgan fingerprint density at radius 3 is 2.71 bits per heavy atom. The lowest BCUT2D eigenvalue weighted by Gasteiger charge is -1.96. The molecular formula is C8H8F2N4. The first kappa shape index (κ1) is 8.86. The minimum atomic E-state index is -2.61. The Bertz CT molecular complexity index is 432. The molecule has 14 heavy (non-hydrogen) atoms. The van der Waals surface area contributed by atoms with E-state index in [1.165, 1.54) is 17.1 Å². The van der Waals surface area contributed by atoms with Crippen molar-refractivity contribution < 1.29 is 8.78 Å². The van der Waals surface area contributed by atoms with Gasteiger partial charge in [0.1, 0.15) is 5.69 Å². The first-order chi connectivity index (χ1) is 6.66. The second kappa shape index (κ2) is 3.21. The van der Waals surface area contributed by atoms with E-state index in [1.54, 1.807) is 12.3 Å². The van der Waals surface area contributed by atoms with Crippen LogP contribution < -0.4 is 0 Å². The highest BCUT2D eigenvalue weighted by Gasteiger charge is 2.08. The number of aryl methyl sites for hydroxylation is 1. The first-order valence-electron chi connectivity index (χ1n) is 4.02. The lowest BCUT2D eigenvalue weighted by atomic mass is 10.5. The largest absolute Gasteiger partial charge is 0.333 e. The molecule has 2 aromatic rings. The van der Waals surface area contributed by atoms with E-state index in [4.69, 9.17) is 0 Å². The fourth-order valence-corrected chi connectivity index (χ4v) is 1.11. The molecule has 0 amide bonds. The maximum Gasteiger partial charge on any atom is 0.333 e. The van der Waals surface area contributed by atoms with Crippen LogP contribution in [0.4, 0.5) is 8.78 Å². The van der Waals surface area contributed by atoms with Crippen LogP contribution in [0.3, 0.4) is 0 Å². The van der Waals surface area contributed by atoms with Crippen LogP contribution in [0.2, 0.25) is 0 Å². The maximum atomic E-state index is 12.2. The molecule has 0 saturated carbocycles. The Morgan fingerprint density at radius 1 is 1.43 bits per heavy atom. The van der Waals surface area contributed by atoms with Crippen molar-refractivity contribution >= 4 is 0 Å². The Morgan fingerprint density at radius 2 is 2.21 bits per heavy atom. The number of hydrogen-bond donors (Lipinski definition) is 0. The van der Waals surface area contributed by atoms with E-state index in [9.17, 15) is 8.78 Å². The monoisotopic (exact) mass is 198 g/mol. The van der Waals surface area contributed by atoms with E-state index in [0.29, 0.717) is 10.4 Å². The van der Waals surface area contributed by atoms with E-state index in [-0.39, 0.29) is 0 Å². The van der Waals surface area contributed by atoms with Crippen molar-refractivity contribution in [1.29, 1.82) is 0 Å². The summed E-state index contributed by atoms with van der Waals surface area (Å²) in [6.07, 6.45) is 4.29. The van der Waals surface area contributed by atoms with Gasteiger partial charge in [-0.25, -0.2) is 9.36 Å². The molecule has 0 bridgehead atoms. The Hall–Kier alpha value is -1.72. The van der Waals surface area contributed by atoms with Crippen LogP contribution in [0.5, 0.6) is 0 Å². The Kier molecular flexibility index (Phi) is 2.03. The summed E-state index contributed by atoms with van der Waals surface area (Å²) in [5, 5.41) is 7.58. The highest BCUT2D eigenvalue weighted by molar-refractivity contribution is 5.24. The van der Waals surface area contributed by atoms with E-state index in [2.05, 4.69) is 10.2 Å². The molecule has 74 valence electrons. The molecule has 6 heteroatoms. The lowest BCUT2D eigenvalue weighted by molar-refractivity contribution is 0.0566. The molecule has 0 spiro atoms. The zero-order chi connectivity index (χ0) is 10.1. The number of hydrogen-bond acceptors (Lipinski definition) is 2. The molecule has 2 rings (SSSR count). The topological polar surface area (TPSA) is 35.6 Å². The van der Waals surface area contributed by atoms with Crippen LogP contribution in [0.1, 0.15) is 12.2 Å². The highest BCUT2D eigenvalue weighted by atomic mass is 19.3. The van der Waals surface area contributed by atoms with Crippen molar-refractivity contribution in [2.45, 2.75) is 13.5 Å². The average molecular weight is 198 g/mol. The van der Waals surface area contributed by atoms with Gasteiger partial charge >= 0.3 is 6.55 Å². The van der Waals surface area contributed by atoms with Gasteiger partial charge in [0, 0.05) is 6.20 Å². The van der Waals surface area contributed by atoms with E-state index in [1.807, 2.05) is 6.92 Å². The molecule has 0 N–H and O–H groups in total. The van der Waals surface area contributed by atoms with Crippen molar-refractivity contribution in [1.82, 2.24) is 19.6 Å². The fourth-order valence-electron chi connectivity index (χ4n) is 1.11. The molecule has 0 saturated heterocycles. The molecular weight excluding hydrogens is 190 g/mol. The normalized spacial score (nSPS) is 11.1. The Balaban J connectivity index is 2.33. The van der Waals surface area contributed by atoms with Crippen molar-refractivity contribution in [2.24, 2.45) is 0 Å². The first-order valence-corrected chi connectivity index (χ1v) is 4.02. The van der Waals surface area contributed by atoms with Crippen molar-refractivity contribution in [3.8, 4) is 5.69 Å². The molecule has 0 aliphatic carbocycles. The van der Waals surface area contributed by atoms with Crippen LogP contribution in [0.25, 0.3) is 5.69 Å². The third kappa shape index (κ3) is 1.50. The van der Waals surface area contributed by atoms with Gasteiger partial charge in [0.15, 0.2) is 0 Å². The predicted octanol–water partition coefficient (Wildman–Crippen LogP) is 1.77. The second-order valence-corrected chi connectivity index (χ2v) is 2.86. The van der Waals surface area contributed by atoms with Gasteiger partial charge in [0.05, 0.1) is 18.1 Å². The SMILES string of the molecule is Cc1ccn(-c2cnn(C(F)F)c2)n1. The number of alkyl halides is 2. The summed E-state index contributed by atoms with van der Waals surface area (Å²) >= 11 is 0. The predicted molar refractivity (Wildman–Crippen MR) is 45.3 cm³/mol. The van der Waals surface area contributed by atoms with Gasteiger partial charge in [-0.2, -0.15) is 19.0 Å². The average Bonchev–Trinajstić information content (AvgIpc) is 2.70. The second-order valence-electron chi connectivity index (χ2n) is 2.86. The number of aromatic nitrogens is 4. The maximum absolute atomic E-state index is 12.2. The van der Waals surface area contributed by atoms with E-state index < -0.39 is 6.55 Å². The lowest BCUT2D eigenvalue weighted by Crippen LogP contribution is -1.98. The van der Waals surface area contributed by atoms with Crippen LogP contribution in [-0.2, 0) is 0 Å². The molecule has 0 radical (unpaired) electrons. The van der Waals surface area contributed by atoms with Crippen molar-refractivity contribution in [3.63, 3.8) is 0 Å². The van der Waals surface area contributed by atoms with E-state index in [0.717, 1.165) is 5.69 Å². The summed E-state index contributed by atoms with van der Waals surface area (Å²) in [4.78, 5) is 0. The number of rotatable bonds is 2. The summed E-state index contributed by atoms with van der Waals surface area (Å²) in [6.45, 7) is -0.783. The molecule has 0 atom stereocenters. The molecule has 0 aromatic carbocycles. The molecule has 2 aromatic heterocycles. The third-order valence-corrected chi connectivity index (χ3v) is 1.77. The summed E-state index contributed by atoms with van der Waals surface area (Å²) in [6, 6.07) is 1.79. The zero-order valence-corrected chi connectivity index (χ0v) is 7.43. The zero-order valence-electron chi connectivity index (χ0n) is 7.43. The molecule has 4 nitrogen and oxygen atoms in total. The molecule has 2 heterocycles. The van der Waals surface area contributed by atoms with Crippen LogP contribution in [0.15, 0.2) is 24.7 Å². The van der Waals surface area contributed by atoms with Gasteiger partial charge in [-0.1, -0.05) is 0 Å². The minimum Gasteiger partial charge on any atom is -0.238 e. The van der Waals surface area contributed by atoms with Gasteiger partial charge in [0.2, 0.25) is 0 Å². The summed E-state index contributed by atoms with van der Waals surface area (Å²) < 4.78 is 26.4. The van der Waals surface area contributed by atoms with Gasteiger partial charge < -0.3 is 0 Å². The minimum absolute atomic E-state index is 0.526. The number of halogens is 2. The highest BCUT2D eigenvalue weighted by Crippen LogP contribution is 2.12. The van der Waals surface area contributed by atoms with Gasteiger partial charge in [0.25, 0.3) is 0 Å². The van der Waals surface area contributed by atoms with Crippen LogP contribution in [-0.4, -0.2) is 19.6 Å². The van der Waals surface area contributed by atoms with Gasteiger partial charge in [-0.3, -0.25) is 0 Å². The molecule has 0 fully saturated rings. The number of nitrogens with zero attached hydrogens (tertiary/aromatic N) is 4. The summed E-state index contributed by atoms with van der Waals surface area (Å²) in [5.41, 5.74) is 1.35.